The van der Waals surface area contributed by atoms with Crippen molar-refractivity contribution in [2.75, 3.05) is 27.2 Å². The number of hydrogen-bond acceptors (Lipinski definition) is 5. The molecule has 1 amide bonds. The van der Waals surface area contributed by atoms with Crippen molar-refractivity contribution in [1.82, 2.24) is 25.6 Å². The van der Waals surface area contributed by atoms with Crippen molar-refractivity contribution >= 4 is 5.91 Å². The van der Waals surface area contributed by atoms with Gasteiger partial charge in [-0.1, -0.05) is 19.3 Å². The molecule has 0 bridgehead atoms. The van der Waals surface area contributed by atoms with Crippen molar-refractivity contribution in [1.29, 1.82) is 0 Å². The Hall–Kier alpha value is -1.50. The van der Waals surface area contributed by atoms with Gasteiger partial charge in [0.05, 0.1) is 6.54 Å². The van der Waals surface area contributed by atoms with Crippen molar-refractivity contribution < 1.29 is 4.79 Å². The first-order valence-electron chi connectivity index (χ1n) is 9.46. The van der Waals surface area contributed by atoms with E-state index in [2.05, 4.69) is 20.7 Å². The third-order valence-electron chi connectivity index (χ3n) is 5.54. The standard InChI is InChI=1S/C19H31N5O/c1-23(12-15-8-10-20-11-9-15)14-19(25)24(2)13-18-16-6-4-3-5-7-17(16)21-22-18/h8-11,16-18,21-22H,3-7,12-14H2,1-2H3. The molecule has 6 nitrogen and oxygen atoms in total. The second-order valence-electron chi connectivity index (χ2n) is 7.61. The lowest BCUT2D eigenvalue weighted by molar-refractivity contribution is -0.131. The zero-order chi connectivity index (χ0) is 17.6. The number of carbonyl (C=O) groups is 1. The van der Waals surface area contributed by atoms with Crippen molar-refractivity contribution in [2.45, 2.75) is 50.7 Å². The third-order valence-corrected chi connectivity index (χ3v) is 5.54. The molecule has 3 rings (SSSR count). The second-order valence-corrected chi connectivity index (χ2v) is 7.61. The minimum absolute atomic E-state index is 0.176. The fourth-order valence-electron chi connectivity index (χ4n) is 4.10. The molecular weight excluding hydrogens is 314 g/mol. The van der Waals surface area contributed by atoms with Crippen molar-refractivity contribution in [3.05, 3.63) is 30.1 Å². The number of nitrogens with zero attached hydrogens (tertiary/aromatic N) is 3. The molecule has 2 heterocycles. The number of amides is 1. The summed E-state index contributed by atoms with van der Waals surface area (Å²) in [7, 11) is 3.91. The maximum Gasteiger partial charge on any atom is 0.236 e. The summed E-state index contributed by atoms with van der Waals surface area (Å²) in [6.45, 7) is 1.97. The summed E-state index contributed by atoms with van der Waals surface area (Å²) in [5, 5.41) is 0. The number of aromatic nitrogens is 1. The largest absolute Gasteiger partial charge is 0.343 e. The molecule has 2 N–H and O–H groups in total. The Morgan fingerprint density at radius 2 is 1.92 bits per heavy atom. The summed E-state index contributed by atoms with van der Waals surface area (Å²) in [6.07, 6.45) is 10.1. The SMILES string of the molecule is CN(CC(=O)N(C)CC1NNC2CCCCCC21)Cc1ccncc1. The molecule has 1 aliphatic heterocycles. The van der Waals surface area contributed by atoms with E-state index in [0.29, 0.717) is 24.5 Å². The Morgan fingerprint density at radius 1 is 1.16 bits per heavy atom. The first-order chi connectivity index (χ1) is 12.1. The predicted molar refractivity (Wildman–Crippen MR) is 98.6 cm³/mol. The van der Waals surface area contributed by atoms with E-state index in [9.17, 15) is 4.79 Å². The van der Waals surface area contributed by atoms with Crippen LogP contribution in [0.25, 0.3) is 0 Å². The lowest BCUT2D eigenvalue weighted by atomic mass is 9.90. The van der Waals surface area contributed by atoms with Crippen LogP contribution in [-0.4, -0.2) is 60.0 Å². The molecule has 0 radical (unpaired) electrons. The van der Waals surface area contributed by atoms with Crippen LogP contribution in [-0.2, 0) is 11.3 Å². The highest BCUT2D eigenvalue weighted by molar-refractivity contribution is 5.78. The lowest BCUT2D eigenvalue weighted by Crippen LogP contribution is -2.45. The molecule has 1 aromatic heterocycles. The highest BCUT2D eigenvalue weighted by Gasteiger charge is 2.37. The van der Waals surface area contributed by atoms with E-state index in [1.807, 2.05) is 31.1 Å². The lowest BCUT2D eigenvalue weighted by Gasteiger charge is -2.27. The number of rotatable bonds is 6. The molecule has 6 heteroatoms. The highest BCUT2D eigenvalue weighted by Crippen LogP contribution is 2.29. The molecule has 3 atom stereocenters. The monoisotopic (exact) mass is 345 g/mol. The number of likely N-dealkylation sites (N-methyl/N-ethyl adjacent to an activating group) is 2. The molecule has 25 heavy (non-hydrogen) atoms. The van der Waals surface area contributed by atoms with Crippen LogP contribution in [0, 0.1) is 5.92 Å². The van der Waals surface area contributed by atoms with E-state index in [0.717, 1.165) is 13.1 Å². The number of fused-ring (bicyclic) bond motifs is 1. The number of carbonyl (C=O) groups excluding carboxylic acids is 1. The molecule has 1 aliphatic carbocycles. The van der Waals surface area contributed by atoms with Gasteiger partial charge in [0.15, 0.2) is 0 Å². The van der Waals surface area contributed by atoms with Gasteiger partial charge in [-0.05, 0) is 43.5 Å². The predicted octanol–water partition coefficient (Wildman–Crippen LogP) is 1.40. The molecule has 0 aromatic carbocycles. The average Bonchev–Trinajstić information content (AvgIpc) is 2.82. The van der Waals surface area contributed by atoms with E-state index < -0.39 is 0 Å². The van der Waals surface area contributed by atoms with Crippen molar-refractivity contribution in [3.8, 4) is 0 Å². The number of pyridine rings is 1. The van der Waals surface area contributed by atoms with E-state index in [1.54, 1.807) is 12.4 Å². The molecule has 2 aliphatic rings. The summed E-state index contributed by atoms with van der Waals surface area (Å²) in [6, 6.07) is 4.92. The maximum atomic E-state index is 12.6. The van der Waals surface area contributed by atoms with Crippen LogP contribution in [0.3, 0.4) is 0 Å². The van der Waals surface area contributed by atoms with Gasteiger partial charge < -0.3 is 4.90 Å². The van der Waals surface area contributed by atoms with Gasteiger partial charge in [-0.25, -0.2) is 0 Å². The summed E-state index contributed by atoms with van der Waals surface area (Å²) < 4.78 is 0. The Labute approximate surface area is 150 Å². The zero-order valence-electron chi connectivity index (χ0n) is 15.4. The van der Waals surface area contributed by atoms with E-state index in [1.165, 1.54) is 37.7 Å². The van der Waals surface area contributed by atoms with Crippen molar-refractivity contribution in [2.24, 2.45) is 5.92 Å². The van der Waals surface area contributed by atoms with Crippen LogP contribution in [0.4, 0.5) is 0 Å². The van der Waals surface area contributed by atoms with Crippen LogP contribution in [0.2, 0.25) is 0 Å². The van der Waals surface area contributed by atoms with E-state index in [4.69, 9.17) is 0 Å². The van der Waals surface area contributed by atoms with Gasteiger partial charge in [0.2, 0.25) is 5.91 Å². The van der Waals surface area contributed by atoms with Gasteiger partial charge in [-0.2, -0.15) is 0 Å². The summed E-state index contributed by atoms with van der Waals surface area (Å²) in [5.41, 5.74) is 8.08. The molecule has 0 spiro atoms. The molecule has 1 saturated carbocycles. The van der Waals surface area contributed by atoms with Gasteiger partial charge in [0.1, 0.15) is 0 Å². The van der Waals surface area contributed by atoms with Crippen LogP contribution in [0.5, 0.6) is 0 Å². The summed E-state index contributed by atoms with van der Waals surface area (Å²) in [4.78, 5) is 20.6. The first-order valence-corrected chi connectivity index (χ1v) is 9.46. The third kappa shape index (κ3) is 5.00. The van der Waals surface area contributed by atoms with Gasteiger partial charge in [0, 0.05) is 44.6 Å². The topological polar surface area (TPSA) is 60.5 Å². The van der Waals surface area contributed by atoms with Gasteiger partial charge >= 0.3 is 0 Å². The van der Waals surface area contributed by atoms with E-state index >= 15 is 0 Å². The Kier molecular flexibility index (Phi) is 6.39. The van der Waals surface area contributed by atoms with E-state index in [-0.39, 0.29) is 5.91 Å². The number of hydrogen-bond donors (Lipinski definition) is 2. The smallest absolute Gasteiger partial charge is 0.236 e. The first kappa shape index (κ1) is 18.3. The Bertz CT molecular complexity index is 552. The van der Waals surface area contributed by atoms with Crippen LogP contribution in [0.1, 0.15) is 37.7 Å². The van der Waals surface area contributed by atoms with Crippen molar-refractivity contribution in [3.63, 3.8) is 0 Å². The molecule has 1 aromatic rings. The zero-order valence-corrected chi connectivity index (χ0v) is 15.4. The average molecular weight is 345 g/mol. The molecule has 1 saturated heterocycles. The molecular formula is C19H31N5O. The Balaban J connectivity index is 1.47. The minimum Gasteiger partial charge on any atom is -0.343 e. The number of nitrogens with one attached hydrogen (secondary N) is 2. The quantitative estimate of drug-likeness (QED) is 0.816. The number of hydrazine groups is 1. The Morgan fingerprint density at radius 3 is 2.72 bits per heavy atom. The van der Waals surface area contributed by atoms with Crippen LogP contribution >= 0.6 is 0 Å². The summed E-state index contributed by atoms with van der Waals surface area (Å²) >= 11 is 0. The minimum atomic E-state index is 0.176. The van der Waals surface area contributed by atoms with Gasteiger partial charge in [-0.15, -0.1) is 0 Å². The van der Waals surface area contributed by atoms with Crippen LogP contribution in [0.15, 0.2) is 24.5 Å². The maximum absolute atomic E-state index is 12.6. The second kappa shape index (κ2) is 8.74. The normalized spacial score (nSPS) is 26.3. The fourth-order valence-corrected chi connectivity index (χ4v) is 4.10. The van der Waals surface area contributed by atoms with Crippen LogP contribution < -0.4 is 10.9 Å². The molecule has 138 valence electrons. The highest BCUT2D eigenvalue weighted by atomic mass is 16.2. The van der Waals surface area contributed by atoms with Gasteiger partial charge in [-0.3, -0.25) is 25.5 Å². The summed E-state index contributed by atoms with van der Waals surface area (Å²) in [5.74, 6) is 0.822. The molecule has 2 fully saturated rings. The van der Waals surface area contributed by atoms with Gasteiger partial charge in [0.25, 0.3) is 0 Å². The fraction of sp³-hybridized carbons (Fsp3) is 0.684. The molecule has 3 unspecified atom stereocenters.